The van der Waals surface area contributed by atoms with E-state index in [1.807, 2.05) is 6.08 Å². The van der Waals surface area contributed by atoms with Crippen molar-refractivity contribution in [3.05, 3.63) is 12.2 Å². The normalized spacial score (nSPS) is 27.2. The average Bonchev–Trinajstić information content (AvgIpc) is 2.09. The van der Waals surface area contributed by atoms with E-state index in [0.717, 1.165) is 6.54 Å². The maximum absolute atomic E-state index is 5.39. The van der Waals surface area contributed by atoms with Gasteiger partial charge in [-0.1, -0.05) is 12.2 Å². The van der Waals surface area contributed by atoms with Crippen LogP contribution in [0.15, 0.2) is 12.2 Å². The predicted octanol–water partition coefficient (Wildman–Crippen LogP) is 0.137. The van der Waals surface area contributed by atoms with E-state index >= 15 is 0 Å². The minimum atomic E-state index is 0.655. The Bertz CT molecular complexity index is 168. The Balaban J connectivity index is 2.29. The number of rotatable bonds is 3. The van der Waals surface area contributed by atoms with Crippen LogP contribution in [0.1, 0.15) is 6.92 Å². The van der Waals surface area contributed by atoms with Crippen molar-refractivity contribution in [2.45, 2.75) is 13.0 Å². The molecule has 3 nitrogen and oxygen atoms in total. The zero-order chi connectivity index (χ0) is 9.68. The maximum Gasteiger partial charge on any atom is 0.0198 e. The monoisotopic (exact) mass is 183 g/mol. The van der Waals surface area contributed by atoms with Crippen LogP contribution in [-0.4, -0.2) is 55.6 Å². The van der Waals surface area contributed by atoms with Crippen LogP contribution in [0, 0.1) is 0 Å². The fourth-order valence-electron chi connectivity index (χ4n) is 1.75. The molecule has 1 saturated heterocycles. The van der Waals surface area contributed by atoms with Crippen LogP contribution < -0.4 is 5.73 Å². The molecule has 1 rings (SSSR count). The van der Waals surface area contributed by atoms with Gasteiger partial charge in [-0.3, -0.25) is 4.90 Å². The molecule has 76 valence electrons. The Kier molecular flexibility index (Phi) is 4.42. The topological polar surface area (TPSA) is 32.5 Å². The molecule has 1 heterocycles. The number of nitrogens with two attached hydrogens (primary N) is 1. The first kappa shape index (κ1) is 10.7. The molecule has 0 aromatic rings. The van der Waals surface area contributed by atoms with Crippen molar-refractivity contribution >= 4 is 0 Å². The smallest absolute Gasteiger partial charge is 0.0198 e. The lowest BCUT2D eigenvalue weighted by molar-refractivity contribution is 0.111. The largest absolute Gasteiger partial charge is 0.327 e. The van der Waals surface area contributed by atoms with E-state index < -0.39 is 0 Å². The molecular weight excluding hydrogens is 162 g/mol. The van der Waals surface area contributed by atoms with E-state index in [4.69, 9.17) is 5.73 Å². The molecule has 0 aliphatic carbocycles. The highest BCUT2D eigenvalue weighted by Crippen LogP contribution is 2.06. The molecule has 1 fully saturated rings. The summed E-state index contributed by atoms with van der Waals surface area (Å²) < 4.78 is 0. The summed E-state index contributed by atoms with van der Waals surface area (Å²) in [7, 11) is 2.18. The van der Waals surface area contributed by atoms with Gasteiger partial charge in [-0.25, -0.2) is 0 Å². The quantitative estimate of drug-likeness (QED) is 0.632. The van der Waals surface area contributed by atoms with Gasteiger partial charge < -0.3 is 10.6 Å². The number of piperazine rings is 1. The third kappa shape index (κ3) is 3.46. The van der Waals surface area contributed by atoms with Crippen molar-refractivity contribution in [3.63, 3.8) is 0 Å². The van der Waals surface area contributed by atoms with Crippen LogP contribution >= 0.6 is 0 Å². The van der Waals surface area contributed by atoms with E-state index in [1.54, 1.807) is 0 Å². The van der Waals surface area contributed by atoms with E-state index in [1.165, 1.54) is 19.6 Å². The SMILES string of the molecule is CC1CN(C)CCN1C/C=C/CN. The highest BCUT2D eigenvalue weighted by Gasteiger charge is 2.19. The second kappa shape index (κ2) is 5.37. The number of likely N-dealkylation sites (N-methyl/N-ethyl adjacent to an activating group) is 1. The van der Waals surface area contributed by atoms with Crippen LogP contribution in [-0.2, 0) is 0 Å². The number of nitrogens with zero attached hydrogens (tertiary/aromatic N) is 2. The summed E-state index contributed by atoms with van der Waals surface area (Å²) in [5.74, 6) is 0. The lowest BCUT2D eigenvalue weighted by Gasteiger charge is -2.37. The molecule has 0 aromatic carbocycles. The molecule has 0 spiro atoms. The molecule has 1 unspecified atom stereocenters. The summed E-state index contributed by atoms with van der Waals surface area (Å²) in [6, 6.07) is 0.668. The Morgan fingerprint density at radius 2 is 2.15 bits per heavy atom. The molecule has 2 N–H and O–H groups in total. The maximum atomic E-state index is 5.39. The van der Waals surface area contributed by atoms with E-state index in [-0.39, 0.29) is 0 Å². The molecule has 0 radical (unpaired) electrons. The standard InChI is InChI=1S/C10H21N3/c1-10-9-12(2)7-8-13(10)6-4-3-5-11/h3-4,10H,5-9,11H2,1-2H3/b4-3+. The third-order valence-corrected chi connectivity index (χ3v) is 2.61. The fraction of sp³-hybridized carbons (Fsp3) is 0.800. The van der Waals surface area contributed by atoms with Gasteiger partial charge in [0.25, 0.3) is 0 Å². The van der Waals surface area contributed by atoms with Crippen LogP contribution in [0.25, 0.3) is 0 Å². The zero-order valence-corrected chi connectivity index (χ0v) is 8.74. The van der Waals surface area contributed by atoms with Crippen molar-refractivity contribution in [1.82, 2.24) is 9.80 Å². The third-order valence-electron chi connectivity index (χ3n) is 2.61. The first-order valence-electron chi connectivity index (χ1n) is 5.01. The van der Waals surface area contributed by atoms with Crippen LogP contribution in [0.2, 0.25) is 0 Å². The first-order chi connectivity index (χ1) is 6.24. The van der Waals surface area contributed by atoms with Gasteiger partial charge in [0, 0.05) is 38.8 Å². The molecule has 1 aliphatic rings. The van der Waals surface area contributed by atoms with Crippen LogP contribution in [0.5, 0.6) is 0 Å². The van der Waals surface area contributed by atoms with Gasteiger partial charge in [0.05, 0.1) is 0 Å². The molecule has 1 atom stereocenters. The van der Waals surface area contributed by atoms with Crippen molar-refractivity contribution in [2.24, 2.45) is 5.73 Å². The highest BCUT2D eigenvalue weighted by molar-refractivity contribution is 4.89. The molecular formula is C10H21N3. The lowest BCUT2D eigenvalue weighted by atomic mass is 10.2. The molecule has 1 aliphatic heterocycles. The van der Waals surface area contributed by atoms with Crippen LogP contribution in [0.3, 0.4) is 0 Å². The summed E-state index contributed by atoms with van der Waals surface area (Å²) in [5, 5.41) is 0. The molecule has 0 aromatic heterocycles. The highest BCUT2D eigenvalue weighted by atomic mass is 15.3. The summed E-state index contributed by atoms with van der Waals surface area (Å²) in [4.78, 5) is 4.87. The molecule has 0 bridgehead atoms. The minimum Gasteiger partial charge on any atom is -0.327 e. The molecule has 3 heteroatoms. The predicted molar refractivity (Wildman–Crippen MR) is 56.7 cm³/mol. The Morgan fingerprint density at radius 1 is 1.38 bits per heavy atom. The zero-order valence-electron chi connectivity index (χ0n) is 8.74. The van der Waals surface area contributed by atoms with E-state index in [0.29, 0.717) is 12.6 Å². The second-order valence-electron chi connectivity index (χ2n) is 3.81. The van der Waals surface area contributed by atoms with Crippen molar-refractivity contribution in [2.75, 3.05) is 39.8 Å². The summed E-state index contributed by atoms with van der Waals surface area (Å²) in [6.07, 6.45) is 4.20. The van der Waals surface area contributed by atoms with E-state index in [2.05, 4.69) is 29.8 Å². The van der Waals surface area contributed by atoms with Gasteiger partial charge in [-0.2, -0.15) is 0 Å². The Labute approximate surface area is 81.2 Å². The van der Waals surface area contributed by atoms with Crippen LogP contribution in [0.4, 0.5) is 0 Å². The average molecular weight is 183 g/mol. The van der Waals surface area contributed by atoms with Crippen molar-refractivity contribution in [3.8, 4) is 0 Å². The van der Waals surface area contributed by atoms with Gasteiger partial charge in [0.2, 0.25) is 0 Å². The minimum absolute atomic E-state index is 0.655. The fourth-order valence-corrected chi connectivity index (χ4v) is 1.75. The van der Waals surface area contributed by atoms with Gasteiger partial charge >= 0.3 is 0 Å². The van der Waals surface area contributed by atoms with Gasteiger partial charge in [0.1, 0.15) is 0 Å². The van der Waals surface area contributed by atoms with Gasteiger partial charge in [0.15, 0.2) is 0 Å². The van der Waals surface area contributed by atoms with Gasteiger partial charge in [-0.15, -0.1) is 0 Å². The van der Waals surface area contributed by atoms with E-state index in [9.17, 15) is 0 Å². The Hall–Kier alpha value is -0.380. The first-order valence-corrected chi connectivity index (χ1v) is 5.01. The van der Waals surface area contributed by atoms with Gasteiger partial charge in [-0.05, 0) is 14.0 Å². The molecule has 0 amide bonds. The summed E-state index contributed by atoms with van der Waals surface area (Å²) in [5.41, 5.74) is 5.39. The van der Waals surface area contributed by atoms with Crippen molar-refractivity contribution < 1.29 is 0 Å². The number of hydrogen-bond donors (Lipinski definition) is 1. The second-order valence-corrected chi connectivity index (χ2v) is 3.81. The summed E-state index contributed by atoms with van der Waals surface area (Å²) >= 11 is 0. The summed E-state index contributed by atoms with van der Waals surface area (Å²) in [6.45, 7) is 7.52. The Morgan fingerprint density at radius 3 is 2.77 bits per heavy atom. The molecule has 0 saturated carbocycles. The van der Waals surface area contributed by atoms with Crippen molar-refractivity contribution in [1.29, 1.82) is 0 Å². The lowest BCUT2D eigenvalue weighted by Crippen LogP contribution is -2.50. The molecule has 13 heavy (non-hydrogen) atoms. The number of hydrogen-bond acceptors (Lipinski definition) is 3.